The third-order valence-corrected chi connectivity index (χ3v) is 1.50. The normalized spacial score (nSPS) is 9.33. The summed E-state index contributed by atoms with van der Waals surface area (Å²) in [6, 6.07) is 4.17. The van der Waals surface area contributed by atoms with E-state index in [1.54, 1.807) is 0 Å². The van der Waals surface area contributed by atoms with E-state index >= 15 is 0 Å². The van der Waals surface area contributed by atoms with E-state index in [0.29, 0.717) is 6.54 Å². The highest BCUT2D eigenvalue weighted by atomic mass is 19.1. The lowest BCUT2D eigenvalue weighted by Crippen LogP contribution is -2.28. The number of carbonyl (C=O) groups is 1. The number of pyridine rings is 1. The van der Waals surface area contributed by atoms with Crippen LogP contribution in [0.4, 0.5) is 10.2 Å². The summed E-state index contributed by atoms with van der Waals surface area (Å²) in [5.41, 5.74) is 0. The highest BCUT2D eigenvalue weighted by Gasteiger charge is 2.02. The van der Waals surface area contributed by atoms with E-state index in [2.05, 4.69) is 21.5 Å². The summed E-state index contributed by atoms with van der Waals surface area (Å²) in [5, 5.41) is 5.12. The number of hydrogen-bond donors (Lipinski definition) is 2. The number of anilines is 1. The summed E-state index contributed by atoms with van der Waals surface area (Å²) < 4.78 is 12.6. The molecule has 0 unspecified atom stereocenters. The molecule has 0 atom stereocenters. The molecule has 78 valence electrons. The van der Waals surface area contributed by atoms with Gasteiger partial charge < -0.3 is 5.32 Å². The molecule has 0 saturated carbocycles. The number of hydrogen-bond acceptors (Lipinski definition) is 3. The fourth-order valence-electron chi connectivity index (χ4n) is 0.913. The van der Waals surface area contributed by atoms with Gasteiger partial charge in [-0.15, -0.1) is 6.42 Å². The maximum atomic E-state index is 12.6. The van der Waals surface area contributed by atoms with Crippen molar-refractivity contribution >= 4 is 11.7 Å². The van der Waals surface area contributed by atoms with Gasteiger partial charge in [-0.1, -0.05) is 12.0 Å². The van der Waals surface area contributed by atoms with Crippen LogP contribution < -0.4 is 10.6 Å². The van der Waals surface area contributed by atoms with Gasteiger partial charge in [-0.2, -0.15) is 4.39 Å². The molecule has 2 N–H and O–H groups in total. The summed E-state index contributed by atoms with van der Waals surface area (Å²) in [5.74, 6) is 1.56. The average Bonchev–Trinajstić information content (AvgIpc) is 2.18. The van der Waals surface area contributed by atoms with Crippen LogP contribution in [0.1, 0.15) is 0 Å². The molecule has 1 heterocycles. The van der Waals surface area contributed by atoms with E-state index in [-0.39, 0.29) is 18.3 Å². The standard InChI is InChI=1S/C10H10FN3O/c1-2-6-12-7-10(15)14-9-5-3-4-8(11)13-9/h1,3-5,12H,6-7H2,(H,13,14,15). The van der Waals surface area contributed by atoms with Crippen molar-refractivity contribution < 1.29 is 9.18 Å². The molecule has 0 radical (unpaired) electrons. The largest absolute Gasteiger partial charge is 0.309 e. The molecule has 1 aromatic rings. The molecule has 1 amide bonds. The minimum atomic E-state index is -0.635. The molecule has 1 rings (SSSR count). The second-order valence-electron chi connectivity index (χ2n) is 2.70. The van der Waals surface area contributed by atoms with E-state index in [1.807, 2.05) is 0 Å². The molecule has 1 aromatic heterocycles. The summed E-state index contributed by atoms with van der Waals surface area (Å²) >= 11 is 0. The molecule has 15 heavy (non-hydrogen) atoms. The maximum absolute atomic E-state index is 12.6. The maximum Gasteiger partial charge on any atom is 0.239 e. The van der Waals surface area contributed by atoms with Gasteiger partial charge in [0, 0.05) is 0 Å². The van der Waals surface area contributed by atoms with Gasteiger partial charge in [-0.25, -0.2) is 4.98 Å². The van der Waals surface area contributed by atoms with Crippen LogP contribution in [0.3, 0.4) is 0 Å². The molecule has 0 fully saturated rings. The van der Waals surface area contributed by atoms with Crippen LogP contribution in [0.15, 0.2) is 18.2 Å². The number of rotatable bonds is 4. The van der Waals surface area contributed by atoms with E-state index in [1.165, 1.54) is 18.2 Å². The second-order valence-corrected chi connectivity index (χ2v) is 2.70. The van der Waals surface area contributed by atoms with Gasteiger partial charge in [-0.05, 0) is 12.1 Å². The summed E-state index contributed by atoms with van der Waals surface area (Å²) in [6.07, 6.45) is 4.98. The van der Waals surface area contributed by atoms with E-state index < -0.39 is 5.95 Å². The number of nitrogens with zero attached hydrogens (tertiary/aromatic N) is 1. The predicted molar refractivity (Wildman–Crippen MR) is 54.5 cm³/mol. The van der Waals surface area contributed by atoms with E-state index in [4.69, 9.17) is 6.42 Å². The minimum absolute atomic E-state index is 0.0718. The Morgan fingerprint density at radius 3 is 3.07 bits per heavy atom. The fraction of sp³-hybridized carbons (Fsp3) is 0.200. The monoisotopic (exact) mass is 207 g/mol. The second kappa shape index (κ2) is 5.73. The Bertz CT molecular complexity index is 386. The highest BCUT2D eigenvalue weighted by Crippen LogP contribution is 2.02. The molecule has 4 nitrogen and oxygen atoms in total. The lowest BCUT2D eigenvalue weighted by molar-refractivity contribution is -0.115. The van der Waals surface area contributed by atoms with Crippen LogP contribution in [0, 0.1) is 18.3 Å². The minimum Gasteiger partial charge on any atom is -0.309 e. The number of carbonyl (C=O) groups excluding carboxylic acids is 1. The first-order valence-corrected chi connectivity index (χ1v) is 4.29. The Hall–Kier alpha value is -1.93. The topological polar surface area (TPSA) is 54.0 Å². The molecule has 0 aliphatic rings. The van der Waals surface area contributed by atoms with Gasteiger partial charge in [0.25, 0.3) is 0 Å². The van der Waals surface area contributed by atoms with Crippen LogP contribution in [-0.4, -0.2) is 24.0 Å². The van der Waals surface area contributed by atoms with Gasteiger partial charge in [-0.3, -0.25) is 10.1 Å². The van der Waals surface area contributed by atoms with Gasteiger partial charge in [0.15, 0.2) is 0 Å². The molecule has 5 heteroatoms. The van der Waals surface area contributed by atoms with Crippen LogP contribution in [0.5, 0.6) is 0 Å². The van der Waals surface area contributed by atoms with Gasteiger partial charge in [0.1, 0.15) is 5.82 Å². The zero-order valence-corrected chi connectivity index (χ0v) is 7.96. The molecule has 0 bridgehead atoms. The molecule has 0 saturated heterocycles. The summed E-state index contributed by atoms with van der Waals surface area (Å²) in [7, 11) is 0. The van der Waals surface area contributed by atoms with Gasteiger partial charge in [0.05, 0.1) is 13.1 Å². The van der Waals surface area contributed by atoms with Gasteiger partial charge >= 0.3 is 0 Å². The molecule has 0 aliphatic carbocycles. The average molecular weight is 207 g/mol. The lowest BCUT2D eigenvalue weighted by atomic mass is 10.4. The molecular weight excluding hydrogens is 197 g/mol. The van der Waals surface area contributed by atoms with E-state index in [0.717, 1.165) is 0 Å². The third kappa shape index (κ3) is 4.20. The SMILES string of the molecule is C#CCNCC(=O)Nc1cccc(F)n1. The smallest absolute Gasteiger partial charge is 0.239 e. The third-order valence-electron chi connectivity index (χ3n) is 1.50. The number of terminal acetylenes is 1. The fourth-order valence-corrected chi connectivity index (χ4v) is 0.913. The number of aromatic nitrogens is 1. The predicted octanol–water partition coefficient (Wildman–Crippen LogP) is 0.382. The Kier molecular flexibility index (Phi) is 4.26. The molecule has 0 spiro atoms. The molecule has 0 aromatic carbocycles. The van der Waals surface area contributed by atoms with Crippen molar-refractivity contribution in [1.82, 2.24) is 10.3 Å². The number of amides is 1. The van der Waals surface area contributed by atoms with Gasteiger partial charge in [0.2, 0.25) is 11.9 Å². The van der Waals surface area contributed by atoms with Crippen molar-refractivity contribution in [3.8, 4) is 12.3 Å². The van der Waals surface area contributed by atoms with Crippen LogP contribution in [-0.2, 0) is 4.79 Å². The van der Waals surface area contributed by atoms with Crippen molar-refractivity contribution in [3.05, 3.63) is 24.1 Å². The Labute approximate surface area is 86.9 Å². The summed E-state index contributed by atoms with van der Waals surface area (Å²) in [6.45, 7) is 0.381. The zero-order valence-electron chi connectivity index (χ0n) is 7.96. The number of nitrogens with one attached hydrogen (secondary N) is 2. The van der Waals surface area contributed by atoms with Crippen molar-refractivity contribution in [3.63, 3.8) is 0 Å². The van der Waals surface area contributed by atoms with E-state index in [9.17, 15) is 9.18 Å². The van der Waals surface area contributed by atoms with Crippen molar-refractivity contribution in [2.45, 2.75) is 0 Å². The van der Waals surface area contributed by atoms with Crippen molar-refractivity contribution in [2.75, 3.05) is 18.4 Å². The first kappa shape index (κ1) is 11.1. The van der Waals surface area contributed by atoms with Crippen molar-refractivity contribution in [1.29, 1.82) is 0 Å². The van der Waals surface area contributed by atoms with Crippen LogP contribution in [0.2, 0.25) is 0 Å². The molecule has 0 aliphatic heterocycles. The first-order chi connectivity index (χ1) is 7.22. The Balaban J connectivity index is 2.42. The Morgan fingerprint density at radius 1 is 1.60 bits per heavy atom. The van der Waals surface area contributed by atoms with Crippen LogP contribution >= 0.6 is 0 Å². The van der Waals surface area contributed by atoms with Crippen molar-refractivity contribution in [2.24, 2.45) is 0 Å². The quantitative estimate of drug-likeness (QED) is 0.426. The van der Waals surface area contributed by atoms with Crippen LogP contribution in [0.25, 0.3) is 0 Å². The zero-order chi connectivity index (χ0) is 11.1. The molecular formula is C10H10FN3O. The highest BCUT2D eigenvalue weighted by molar-refractivity contribution is 5.91. The first-order valence-electron chi connectivity index (χ1n) is 4.29. The lowest BCUT2D eigenvalue weighted by Gasteiger charge is -2.03. The number of halogens is 1. The summed E-state index contributed by atoms with van der Waals surface area (Å²) in [4.78, 5) is 14.7. The Morgan fingerprint density at radius 2 is 2.40 bits per heavy atom.